The summed E-state index contributed by atoms with van der Waals surface area (Å²) in [5.41, 5.74) is 8.99. The first-order valence-corrected chi connectivity index (χ1v) is 10.6. The van der Waals surface area contributed by atoms with E-state index in [0.717, 1.165) is 5.56 Å². The predicted octanol–water partition coefficient (Wildman–Crippen LogP) is 5.17. The van der Waals surface area contributed by atoms with Crippen molar-refractivity contribution < 1.29 is 24.2 Å². The molecule has 3 rings (SSSR count). The average Bonchev–Trinajstić information content (AvgIpc) is 2.81. The van der Waals surface area contributed by atoms with Crippen LogP contribution in [0.15, 0.2) is 78.9 Å². The van der Waals surface area contributed by atoms with Crippen molar-refractivity contribution in [2.45, 2.75) is 19.4 Å². The molecule has 0 radical (unpaired) electrons. The third-order valence-corrected chi connectivity index (χ3v) is 4.96. The van der Waals surface area contributed by atoms with E-state index in [-0.39, 0.29) is 18.1 Å². The molecule has 5 N–H and O–H groups in total. The molecule has 2 amide bonds. The number of rotatable bonds is 8. The Kier molecular flexibility index (Phi) is 8.12. The number of nitrogen functional groups attached to an aromatic ring is 1. The lowest BCUT2D eigenvalue weighted by molar-refractivity contribution is -0.111. The SMILES string of the molecule is COc1ccc([C@H](C/C=C/C(=O)Nc2ccccc2N)OC(=O)Nc2ccc(C)cc2)cc1O. The summed E-state index contributed by atoms with van der Waals surface area (Å²) in [7, 11) is 1.44. The number of amides is 2. The van der Waals surface area contributed by atoms with Crippen LogP contribution in [0.2, 0.25) is 0 Å². The van der Waals surface area contributed by atoms with Gasteiger partial charge >= 0.3 is 6.09 Å². The molecule has 3 aromatic rings. The van der Waals surface area contributed by atoms with E-state index >= 15 is 0 Å². The minimum atomic E-state index is -0.770. The van der Waals surface area contributed by atoms with Gasteiger partial charge in [-0.1, -0.05) is 42.0 Å². The number of aromatic hydroxyl groups is 1. The maximum atomic E-state index is 12.5. The molecule has 8 heteroatoms. The standard InChI is InChI=1S/C26H27N3O5/c1-17-10-13-19(14-11-17)28-26(32)34-23(18-12-15-24(33-2)22(30)16-18)8-5-9-25(31)29-21-7-4-3-6-20(21)27/h3-7,9-16,23,30H,8,27H2,1-2H3,(H,28,32)(H,29,31)/b9-5+/t23-/m0/s1. The summed E-state index contributed by atoms with van der Waals surface area (Å²) in [5, 5.41) is 15.5. The van der Waals surface area contributed by atoms with Crippen LogP contribution in [-0.4, -0.2) is 24.2 Å². The number of anilines is 3. The van der Waals surface area contributed by atoms with Crippen LogP contribution in [0.1, 0.15) is 23.7 Å². The molecule has 0 aliphatic carbocycles. The van der Waals surface area contributed by atoms with E-state index in [4.69, 9.17) is 15.2 Å². The zero-order chi connectivity index (χ0) is 24.5. The van der Waals surface area contributed by atoms with Crippen molar-refractivity contribution in [1.29, 1.82) is 0 Å². The van der Waals surface area contributed by atoms with Crippen LogP contribution in [0.25, 0.3) is 0 Å². The van der Waals surface area contributed by atoms with Crippen LogP contribution in [0.4, 0.5) is 21.9 Å². The molecule has 8 nitrogen and oxygen atoms in total. The van der Waals surface area contributed by atoms with Crippen LogP contribution < -0.4 is 21.1 Å². The Hall–Kier alpha value is -4.46. The van der Waals surface area contributed by atoms with E-state index in [9.17, 15) is 14.7 Å². The number of aryl methyl sites for hydroxylation is 1. The highest BCUT2D eigenvalue weighted by Gasteiger charge is 2.18. The van der Waals surface area contributed by atoms with Gasteiger partial charge < -0.3 is 25.6 Å². The Balaban J connectivity index is 1.71. The van der Waals surface area contributed by atoms with Gasteiger partial charge in [-0.05, 0) is 55.0 Å². The number of phenolic OH excluding ortho intramolecular Hbond substituents is 1. The molecule has 0 fully saturated rings. The number of hydrogen-bond donors (Lipinski definition) is 4. The summed E-state index contributed by atoms with van der Waals surface area (Å²) < 4.78 is 10.7. The second-order valence-electron chi connectivity index (χ2n) is 7.53. The first-order valence-electron chi connectivity index (χ1n) is 10.6. The fourth-order valence-corrected chi connectivity index (χ4v) is 3.16. The summed E-state index contributed by atoms with van der Waals surface area (Å²) >= 11 is 0. The smallest absolute Gasteiger partial charge is 0.412 e. The number of carbonyl (C=O) groups excluding carboxylic acids is 2. The highest BCUT2D eigenvalue weighted by Crippen LogP contribution is 2.32. The molecule has 3 aromatic carbocycles. The molecule has 0 spiro atoms. The fourth-order valence-electron chi connectivity index (χ4n) is 3.16. The maximum Gasteiger partial charge on any atom is 0.412 e. The van der Waals surface area contributed by atoms with Gasteiger partial charge in [-0.15, -0.1) is 0 Å². The van der Waals surface area contributed by atoms with Crippen molar-refractivity contribution in [3.05, 3.63) is 90.0 Å². The first-order chi connectivity index (χ1) is 16.4. The van der Waals surface area contributed by atoms with E-state index in [0.29, 0.717) is 28.4 Å². The molecule has 34 heavy (non-hydrogen) atoms. The molecule has 0 heterocycles. The van der Waals surface area contributed by atoms with Gasteiger partial charge in [0.05, 0.1) is 18.5 Å². The molecule has 0 aromatic heterocycles. The molecule has 176 valence electrons. The lowest BCUT2D eigenvalue weighted by atomic mass is 10.1. The van der Waals surface area contributed by atoms with Crippen molar-refractivity contribution >= 4 is 29.1 Å². The van der Waals surface area contributed by atoms with Gasteiger partial charge in [-0.3, -0.25) is 10.1 Å². The Morgan fingerprint density at radius 3 is 2.47 bits per heavy atom. The Morgan fingerprint density at radius 2 is 1.79 bits per heavy atom. The van der Waals surface area contributed by atoms with Crippen LogP contribution in [0.3, 0.4) is 0 Å². The lowest BCUT2D eigenvalue weighted by Gasteiger charge is -2.18. The number of methoxy groups -OCH3 is 1. The zero-order valence-electron chi connectivity index (χ0n) is 18.9. The Labute approximate surface area is 198 Å². The van der Waals surface area contributed by atoms with Crippen LogP contribution in [0.5, 0.6) is 11.5 Å². The van der Waals surface area contributed by atoms with Gasteiger partial charge in [0.2, 0.25) is 5.91 Å². The van der Waals surface area contributed by atoms with Crippen LogP contribution in [0, 0.1) is 6.92 Å². The Morgan fingerprint density at radius 1 is 1.06 bits per heavy atom. The number of nitrogens with two attached hydrogens (primary N) is 1. The molecule has 0 bridgehead atoms. The zero-order valence-corrected chi connectivity index (χ0v) is 18.9. The monoisotopic (exact) mass is 461 g/mol. The number of ether oxygens (including phenoxy) is 2. The van der Waals surface area contributed by atoms with Crippen molar-refractivity contribution in [3.63, 3.8) is 0 Å². The molecular formula is C26H27N3O5. The first kappa shape index (κ1) is 24.2. The van der Waals surface area contributed by atoms with E-state index < -0.39 is 12.2 Å². The van der Waals surface area contributed by atoms with Crippen molar-refractivity contribution in [2.75, 3.05) is 23.5 Å². The number of phenols is 1. The molecular weight excluding hydrogens is 434 g/mol. The lowest BCUT2D eigenvalue weighted by Crippen LogP contribution is -2.17. The van der Waals surface area contributed by atoms with E-state index in [1.54, 1.807) is 54.6 Å². The number of para-hydroxylation sites is 2. The molecule has 0 saturated heterocycles. The normalized spacial score (nSPS) is 11.6. The molecule has 1 atom stereocenters. The summed E-state index contributed by atoms with van der Waals surface area (Å²) in [4.78, 5) is 24.8. The summed E-state index contributed by atoms with van der Waals surface area (Å²) in [6, 6.07) is 18.9. The Bertz CT molecular complexity index is 1180. The molecule has 0 unspecified atom stereocenters. The quantitative estimate of drug-likeness (QED) is 0.271. The van der Waals surface area contributed by atoms with Crippen molar-refractivity contribution in [3.8, 4) is 11.5 Å². The van der Waals surface area contributed by atoms with Crippen LogP contribution >= 0.6 is 0 Å². The van der Waals surface area contributed by atoms with E-state index in [1.807, 2.05) is 19.1 Å². The molecule has 0 aliphatic heterocycles. The maximum absolute atomic E-state index is 12.5. The minimum absolute atomic E-state index is 0.0891. The number of nitrogens with one attached hydrogen (secondary N) is 2. The predicted molar refractivity (Wildman–Crippen MR) is 132 cm³/mol. The number of hydrogen-bond acceptors (Lipinski definition) is 6. The van der Waals surface area contributed by atoms with Gasteiger partial charge in [0.1, 0.15) is 6.10 Å². The number of carbonyl (C=O) groups is 2. The second-order valence-corrected chi connectivity index (χ2v) is 7.53. The van der Waals surface area contributed by atoms with Gasteiger partial charge in [0, 0.05) is 12.1 Å². The average molecular weight is 462 g/mol. The number of benzene rings is 3. The largest absolute Gasteiger partial charge is 0.504 e. The minimum Gasteiger partial charge on any atom is -0.504 e. The summed E-state index contributed by atoms with van der Waals surface area (Å²) in [5.74, 6) is -0.172. The highest BCUT2D eigenvalue weighted by atomic mass is 16.6. The topological polar surface area (TPSA) is 123 Å². The van der Waals surface area contributed by atoms with Crippen molar-refractivity contribution in [2.24, 2.45) is 0 Å². The third-order valence-electron chi connectivity index (χ3n) is 4.96. The van der Waals surface area contributed by atoms with Gasteiger partial charge in [-0.2, -0.15) is 0 Å². The van der Waals surface area contributed by atoms with Gasteiger partial charge in [-0.25, -0.2) is 4.79 Å². The van der Waals surface area contributed by atoms with Crippen molar-refractivity contribution in [1.82, 2.24) is 0 Å². The molecule has 0 saturated carbocycles. The summed E-state index contributed by atoms with van der Waals surface area (Å²) in [6.07, 6.45) is 1.67. The summed E-state index contributed by atoms with van der Waals surface area (Å²) in [6.45, 7) is 1.95. The fraction of sp³-hybridized carbons (Fsp3) is 0.154. The second kappa shape index (κ2) is 11.4. The van der Waals surface area contributed by atoms with Gasteiger partial charge in [0.25, 0.3) is 0 Å². The van der Waals surface area contributed by atoms with E-state index in [1.165, 1.54) is 19.3 Å². The third kappa shape index (κ3) is 6.77. The van der Waals surface area contributed by atoms with Crippen LogP contribution in [-0.2, 0) is 9.53 Å². The highest BCUT2D eigenvalue weighted by molar-refractivity contribution is 6.01. The van der Waals surface area contributed by atoms with Gasteiger partial charge in [0.15, 0.2) is 11.5 Å². The van der Waals surface area contributed by atoms with E-state index in [2.05, 4.69) is 10.6 Å². The molecule has 0 aliphatic rings.